The molecule has 0 aromatic rings. The summed E-state index contributed by atoms with van der Waals surface area (Å²) in [5.74, 6) is 0. The Bertz CT molecular complexity index is 417. The standard InChI is InChI=1S/C2F5O4S2.Li/c3-1(4,5)13(10,11)2(6,7)12(8)9;. The number of hydrogen-bond acceptors (Lipinski definition) is 4. The zero-order valence-corrected chi connectivity index (χ0v) is 7.97. The zero-order valence-electron chi connectivity index (χ0n) is 6.34. The van der Waals surface area contributed by atoms with E-state index in [1.54, 1.807) is 0 Å². The van der Waals surface area contributed by atoms with Gasteiger partial charge in [-0.25, -0.2) is 0 Å². The van der Waals surface area contributed by atoms with Crippen LogP contribution in [0.5, 0.6) is 0 Å². The van der Waals surface area contributed by atoms with E-state index in [0.717, 1.165) is 0 Å². The first kappa shape index (κ1) is 14.1. The number of halogens is 5. The van der Waals surface area contributed by atoms with Gasteiger partial charge in [-0.3, -0.25) is 0 Å². The fraction of sp³-hybridized carbons (Fsp3) is 1.00. The van der Waals surface area contributed by atoms with Gasteiger partial charge < -0.3 is 0 Å². The molecule has 0 rings (SSSR count). The van der Waals surface area contributed by atoms with Crippen LogP contribution in [0.4, 0.5) is 22.0 Å². The van der Waals surface area contributed by atoms with Gasteiger partial charge in [-0.05, 0) is 0 Å². The summed E-state index contributed by atoms with van der Waals surface area (Å²) in [5, 5.41) is 0. The van der Waals surface area contributed by atoms with E-state index in [2.05, 4.69) is 0 Å². The van der Waals surface area contributed by atoms with Crippen LogP contribution in [-0.2, 0) is 17.8 Å². The Labute approximate surface area is 83.4 Å². The summed E-state index contributed by atoms with van der Waals surface area (Å²) in [6, 6.07) is 0. The van der Waals surface area contributed by atoms with E-state index in [1.165, 1.54) is 0 Å². The zero-order chi connectivity index (χ0) is 12.0. The van der Waals surface area contributed by atoms with Gasteiger partial charge in [0, 0.05) is 0 Å². The van der Waals surface area contributed by atoms with Crippen LogP contribution in [0.1, 0.15) is 0 Å². The monoisotopic (exact) mass is 254 g/mol. The molecular weight excluding hydrogens is 254 g/mol. The summed E-state index contributed by atoms with van der Waals surface area (Å²) < 4.78 is 93.7. The summed E-state index contributed by atoms with van der Waals surface area (Å²) in [6.45, 7) is 0. The molecule has 0 aliphatic rings. The van der Waals surface area contributed by atoms with Crippen molar-refractivity contribution in [2.75, 3.05) is 0 Å². The minimum atomic E-state index is -7.05. The van der Waals surface area contributed by atoms with Gasteiger partial charge in [0.15, 0.2) is 0 Å². The van der Waals surface area contributed by atoms with Crippen molar-refractivity contribution < 1.29 is 38.8 Å². The van der Waals surface area contributed by atoms with Crippen molar-refractivity contribution in [2.45, 2.75) is 10.1 Å². The van der Waals surface area contributed by atoms with Gasteiger partial charge in [0.2, 0.25) is 0 Å². The molecule has 0 aromatic carbocycles. The Morgan fingerprint density at radius 3 is 1.21 bits per heavy atom. The Morgan fingerprint density at radius 2 is 1.14 bits per heavy atom. The van der Waals surface area contributed by atoms with Gasteiger partial charge in [-0.1, -0.05) is 0 Å². The van der Waals surface area contributed by atoms with Gasteiger partial charge in [-0.2, -0.15) is 0 Å². The maximum atomic E-state index is 12.3. The number of hydrogen-bond donors (Lipinski definition) is 0. The van der Waals surface area contributed by atoms with Crippen LogP contribution in [0.25, 0.3) is 0 Å². The van der Waals surface area contributed by atoms with Gasteiger partial charge >= 0.3 is 83.2 Å². The molecule has 0 atom stereocenters. The van der Waals surface area contributed by atoms with Crippen LogP contribution in [0, 0.1) is 0 Å². The molecule has 0 aliphatic carbocycles. The Balaban J connectivity index is 5.82. The maximum absolute atomic E-state index is 12.3. The molecule has 0 spiro atoms. The molecule has 0 fully saturated rings. The molecule has 0 saturated heterocycles. The molecule has 0 heterocycles. The molecule has 0 unspecified atom stereocenters. The van der Waals surface area contributed by atoms with Gasteiger partial charge in [0.1, 0.15) is 0 Å². The van der Waals surface area contributed by atoms with E-state index in [4.69, 9.17) is 0 Å². The molecule has 12 heteroatoms. The molecule has 0 radical (unpaired) electrons. The second kappa shape index (κ2) is 3.33. The average Bonchev–Trinajstić information content (AvgIpc) is 1.81. The predicted octanol–water partition coefficient (Wildman–Crippen LogP) is -0.0304. The molecule has 0 bridgehead atoms. The summed E-state index contributed by atoms with van der Waals surface area (Å²) in [4.78, 5) is 0. The Hall–Kier alpha value is 0.147. The van der Waals surface area contributed by atoms with Crippen molar-refractivity contribution >= 4 is 34.3 Å². The predicted molar refractivity (Wildman–Crippen MR) is 34.6 cm³/mol. The molecule has 14 heavy (non-hydrogen) atoms. The first-order chi connectivity index (χ1) is 5.75. The average molecular weight is 254 g/mol. The van der Waals surface area contributed by atoms with Crippen molar-refractivity contribution in [1.82, 2.24) is 0 Å². The summed E-state index contributed by atoms with van der Waals surface area (Å²) in [7, 11) is -12.7. The van der Waals surface area contributed by atoms with E-state index in [-0.39, 0.29) is 16.5 Å². The van der Waals surface area contributed by atoms with E-state index < -0.39 is 27.9 Å². The molecule has 0 amide bonds. The van der Waals surface area contributed by atoms with Gasteiger partial charge in [0.05, 0.1) is 0 Å². The fourth-order valence-electron chi connectivity index (χ4n) is 0.334. The van der Waals surface area contributed by atoms with Crippen LogP contribution < -0.4 is 0 Å². The van der Waals surface area contributed by atoms with Gasteiger partial charge in [0.25, 0.3) is 0 Å². The first-order valence-electron chi connectivity index (χ1n) is 2.63. The molecule has 0 aromatic heterocycles. The second-order valence-electron chi connectivity index (χ2n) is 2.18. The number of alkyl halides is 5. The topological polar surface area (TPSA) is 68.3 Å². The summed E-state index contributed by atoms with van der Waals surface area (Å²) >= 11 is -0.309. The minimum absolute atomic E-state index is 0.309. The molecule has 80 valence electrons. The van der Waals surface area contributed by atoms with Crippen LogP contribution in [0.15, 0.2) is 0 Å². The fourth-order valence-corrected chi connectivity index (χ4v) is 2.48. The third kappa shape index (κ3) is 2.05. The van der Waals surface area contributed by atoms with E-state index in [9.17, 15) is 38.8 Å². The normalized spacial score (nSPS) is 15.6. The van der Waals surface area contributed by atoms with E-state index in [1.807, 2.05) is 0 Å². The molecule has 0 saturated carbocycles. The van der Waals surface area contributed by atoms with Crippen molar-refractivity contribution in [1.29, 1.82) is 0 Å². The molecule has 4 nitrogen and oxygen atoms in total. The van der Waals surface area contributed by atoms with Crippen LogP contribution in [-0.4, -0.2) is 43.5 Å². The third-order valence-electron chi connectivity index (χ3n) is 1.05. The van der Waals surface area contributed by atoms with Crippen LogP contribution in [0.2, 0.25) is 0 Å². The Kier molecular flexibility index (Phi) is 3.36. The molecule has 0 aliphatic heterocycles. The van der Waals surface area contributed by atoms with Crippen molar-refractivity contribution in [3.8, 4) is 0 Å². The molecular formula is C2F5LiO4S2. The van der Waals surface area contributed by atoms with E-state index >= 15 is 0 Å². The number of rotatable bonds is 2. The Morgan fingerprint density at radius 1 is 0.857 bits per heavy atom. The SMILES string of the molecule is [Li][S](=O)(=O)C(F)(F)S(=O)(=O)C(F)(F)F. The molecule has 0 N–H and O–H groups in total. The van der Waals surface area contributed by atoms with E-state index in [0.29, 0.717) is 0 Å². The quantitative estimate of drug-likeness (QED) is 0.512. The van der Waals surface area contributed by atoms with Crippen molar-refractivity contribution in [3.05, 3.63) is 0 Å². The van der Waals surface area contributed by atoms with Crippen molar-refractivity contribution in [2.24, 2.45) is 0 Å². The third-order valence-corrected chi connectivity index (χ3v) is 4.71. The van der Waals surface area contributed by atoms with Gasteiger partial charge in [-0.15, -0.1) is 0 Å². The first-order valence-corrected chi connectivity index (χ1v) is 6.01. The summed E-state index contributed by atoms with van der Waals surface area (Å²) in [6.07, 6.45) is 0. The van der Waals surface area contributed by atoms with Crippen LogP contribution in [0.3, 0.4) is 0 Å². The van der Waals surface area contributed by atoms with Crippen molar-refractivity contribution in [3.63, 3.8) is 0 Å². The van der Waals surface area contributed by atoms with Crippen LogP contribution >= 0.6 is 0 Å². The number of sulfone groups is 1. The second-order valence-corrected chi connectivity index (χ2v) is 6.48. The summed E-state index contributed by atoms with van der Waals surface area (Å²) in [5.41, 5.74) is -6.32.